The lowest BCUT2D eigenvalue weighted by molar-refractivity contribution is -0.137. The Morgan fingerprint density at radius 2 is 1.76 bits per heavy atom. The molecule has 1 fully saturated rings. The molecule has 1 heterocycles. The molecule has 2 aromatic carbocycles. The van der Waals surface area contributed by atoms with Crippen LogP contribution in [-0.4, -0.2) is 48.7 Å². The van der Waals surface area contributed by atoms with Crippen molar-refractivity contribution in [3.63, 3.8) is 0 Å². The first kappa shape index (κ1) is 26.9. The minimum absolute atomic E-state index is 0.0711. The van der Waals surface area contributed by atoms with Gasteiger partial charge in [-0.3, -0.25) is 0 Å². The zero-order valence-electron chi connectivity index (χ0n) is 18.3. The zero-order valence-corrected chi connectivity index (χ0v) is 18.3. The van der Waals surface area contributed by atoms with E-state index in [0.29, 0.717) is 37.7 Å². The Labute approximate surface area is 191 Å². The first-order valence-corrected chi connectivity index (χ1v) is 10.2. The number of epoxide rings is 1. The van der Waals surface area contributed by atoms with Gasteiger partial charge in [0.15, 0.2) is 0 Å². The van der Waals surface area contributed by atoms with Gasteiger partial charge in [-0.25, -0.2) is 0 Å². The quantitative estimate of drug-likeness (QED) is 0.113. The number of nitrogens with one attached hydrogen (secondary N) is 2. The SMILES string of the molecule is CCNc1cc(C(=NF)N(F)F)ccc1O.CCNc1cc(C(F)(F)F)ccc1OC[C@@H]1CO1. The molecule has 188 valence electrons. The predicted molar refractivity (Wildman–Crippen MR) is 115 cm³/mol. The summed E-state index contributed by atoms with van der Waals surface area (Å²) in [4.78, 5) is 0. The van der Waals surface area contributed by atoms with Gasteiger partial charge in [0.25, 0.3) is 0 Å². The fourth-order valence-corrected chi connectivity index (χ4v) is 2.69. The molecule has 3 N–H and O–H groups in total. The molecule has 0 spiro atoms. The summed E-state index contributed by atoms with van der Waals surface area (Å²) in [5.41, 5.74) is -0.231. The molecule has 2 aromatic rings. The molecular formula is C21H24F6N4O3. The molecule has 1 atom stereocenters. The monoisotopic (exact) mass is 494 g/mol. The lowest BCUT2D eigenvalue weighted by atomic mass is 10.1. The first-order chi connectivity index (χ1) is 16.1. The summed E-state index contributed by atoms with van der Waals surface area (Å²) in [6.45, 7) is 5.62. The van der Waals surface area contributed by atoms with E-state index < -0.39 is 22.9 Å². The van der Waals surface area contributed by atoms with Crippen LogP contribution in [0.15, 0.2) is 41.6 Å². The standard InChI is InChI=1S/C12H14F3NO2.C9H10F3N3O/c1-2-16-10-5-8(12(13,14)15)3-4-11(10)18-7-9-6-17-9;1-2-13-7-5-6(3-4-8(7)16)9(14-10)15(11)12/h3-5,9,16H,2,6-7H2,1H3;3-5,13,16H,2H2,1H3/t9-;/m0./s1. The van der Waals surface area contributed by atoms with Crippen LogP contribution in [0.1, 0.15) is 25.0 Å². The molecule has 1 saturated heterocycles. The Kier molecular flexibility index (Phi) is 9.66. The van der Waals surface area contributed by atoms with Crippen LogP contribution in [0.5, 0.6) is 11.5 Å². The van der Waals surface area contributed by atoms with E-state index in [1.54, 1.807) is 6.92 Å². The molecule has 0 amide bonds. The highest BCUT2D eigenvalue weighted by Crippen LogP contribution is 2.35. The highest BCUT2D eigenvalue weighted by Gasteiger charge is 2.31. The molecule has 7 nitrogen and oxygen atoms in total. The Bertz CT molecular complexity index is 968. The van der Waals surface area contributed by atoms with Gasteiger partial charge in [-0.1, -0.05) is 18.7 Å². The number of nitrogens with zero attached hydrogens (tertiary/aromatic N) is 2. The van der Waals surface area contributed by atoms with Gasteiger partial charge in [-0.05, 0) is 55.6 Å². The number of rotatable bonds is 8. The summed E-state index contributed by atoms with van der Waals surface area (Å²) >= 11 is 0. The molecule has 0 unspecified atom stereocenters. The van der Waals surface area contributed by atoms with Crippen LogP contribution in [0.4, 0.5) is 38.0 Å². The van der Waals surface area contributed by atoms with Gasteiger partial charge in [0.05, 0.1) is 23.5 Å². The normalized spacial score (nSPS) is 15.2. The molecule has 34 heavy (non-hydrogen) atoms. The number of hydrogen-bond donors (Lipinski definition) is 3. The van der Waals surface area contributed by atoms with Crippen LogP contribution in [0.2, 0.25) is 0 Å². The molecule has 0 radical (unpaired) electrons. The zero-order chi connectivity index (χ0) is 25.3. The van der Waals surface area contributed by atoms with E-state index >= 15 is 0 Å². The lowest BCUT2D eigenvalue weighted by Gasteiger charge is -2.14. The van der Waals surface area contributed by atoms with Crippen molar-refractivity contribution < 1.29 is 41.2 Å². The third-order valence-electron chi connectivity index (χ3n) is 4.36. The van der Waals surface area contributed by atoms with E-state index in [4.69, 9.17) is 9.47 Å². The second kappa shape index (κ2) is 12.2. The van der Waals surface area contributed by atoms with Crippen LogP contribution in [0.3, 0.4) is 0 Å². The number of hydrogen-bond acceptors (Lipinski definition) is 6. The Balaban J connectivity index is 0.000000242. The molecular weight excluding hydrogens is 470 g/mol. The number of phenolic OH excluding ortho intramolecular Hbond substituents is 1. The molecule has 3 rings (SSSR count). The summed E-state index contributed by atoms with van der Waals surface area (Å²) in [5.74, 6) is -0.799. The number of benzene rings is 2. The average Bonchev–Trinajstić information content (AvgIpc) is 3.60. The third kappa shape index (κ3) is 7.90. The Hall–Kier alpha value is -3.35. The molecule has 0 aliphatic carbocycles. The van der Waals surface area contributed by atoms with E-state index in [1.807, 2.05) is 12.1 Å². The van der Waals surface area contributed by atoms with Crippen LogP contribution >= 0.6 is 0 Å². The van der Waals surface area contributed by atoms with Gasteiger partial charge in [-0.2, -0.15) is 13.2 Å². The molecule has 13 heteroatoms. The summed E-state index contributed by atoms with van der Waals surface area (Å²) in [6.07, 6.45) is -4.27. The average molecular weight is 494 g/mol. The molecule has 0 saturated carbocycles. The summed E-state index contributed by atoms with van der Waals surface area (Å²) < 4.78 is 84.5. The summed E-state index contributed by atoms with van der Waals surface area (Å²) in [5, 5.41) is 15.5. The van der Waals surface area contributed by atoms with Gasteiger partial charge < -0.3 is 25.2 Å². The first-order valence-electron chi connectivity index (χ1n) is 10.2. The fraction of sp³-hybridized carbons (Fsp3) is 0.381. The predicted octanol–water partition coefficient (Wildman–Crippen LogP) is 5.44. The topological polar surface area (TPSA) is 81.7 Å². The van der Waals surface area contributed by atoms with E-state index in [1.165, 1.54) is 18.2 Å². The van der Waals surface area contributed by atoms with E-state index in [9.17, 15) is 31.7 Å². The Morgan fingerprint density at radius 1 is 1.12 bits per heavy atom. The van der Waals surface area contributed by atoms with Crippen molar-refractivity contribution in [1.29, 1.82) is 0 Å². The number of halogens is 6. The van der Waals surface area contributed by atoms with Crippen LogP contribution in [0.25, 0.3) is 0 Å². The van der Waals surface area contributed by atoms with Gasteiger partial charge in [0, 0.05) is 18.7 Å². The van der Waals surface area contributed by atoms with Crippen molar-refractivity contribution in [2.24, 2.45) is 5.21 Å². The van der Waals surface area contributed by atoms with Gasteiger partial charge >= 0.3 is 6.18 Å². The van der Waals surface area contributed by atoms with Crippen molar-refractivity contribution in [1.82, 2.24) is 5.34 Å². The van der Waals surface area contributed by atoms with E-state index in [2.05, 4.69) is 10.6 Å². The Morgan fingerprint density at radius 3 is 2.29 bits per heavy atom. The number of anilines is 2. The van der Waals surface area contributed by atoms with Crippen molar-refractivity contribution in [3.8, 4) is 11.5 Å². The number of phenols is 1. The van der Waals surface area contributed by atoms with Crippen molar-refractivity contribution in [3.05, 3.63) is 47.5 Å². The number of alkyl halides is 3. The van der Waals surface area contributed by atoms with Crippen molar-refractivity contribution in [2.45, 2.75) is 26.1 Å². The maximum atomic E-state index is 12.6. The number of ether oxygens (including phenoxy) is 2. The van der Waals surface area contributed by atoms with Gasteiger partial charge in [-0.15, -0.1) is 0 Å². The number of amidine groups is 1. The van der Waals surface area contributed by atoms with E-state index in [-0.39, 0.29) is 23.1 Å². The summed E-state index contributed by atoms with van der Waals surface area (Å²) in [7, 11) is 0. The molecule has 1 aliphatic heterocycles. The van der Waals surface area contributed by atoms with E-state index in [0.717, 1.165) is 18.2 Å². The second-order valence-corrected chi connectivity index (χ2v) is 6.91. The van der Waals surface area contributed by atoms with Gasteiger partial charge in [0.1, 0.15) is 24.2 Å². The maximum absolute atomic E-state index is 12.6. The van der Waals surface area contributed by atoms with Crippen LogP contribution in [0, 0.1) is 0 Å². The maximum Gasteiger partial charge on any atom is 0.416 e. The largest absolute Gasteiger partial charge is 0.506 e. The second-order valence-electron chi connectivity index (χ2n) is 6.91. The third-order valence-corrected chi connectivity index (χ3v) is 4.36. The van der Waals surface area contributed by atoms with Crippen molar-refractivity contribution in [2.75, 3.05) is 36.9 Å². The van der Waals surface area contributed by atoms with Crippen LogP contribution in [-0.2, 0) is 10.9 Å². The molecule has 0 bridgehead atoms. The fourth-order valence-electron chi connectivity index (χ4n) is 2.69. The minimum Gasteiger partial charge on any atom is -0.506 e. The van der Waals surface area contributed by atoms with Gasteiger partial charge in [0.2, 0.25) is 5.84 Å². The highest BCUT2D eigenvalue weighted by molar-refractivity contribution is 5.98. The smallest absolute Gasteiger partial charge is 0.416 e. The van der Waals surface area contributed by atoms with Crippen LogP contribution < -0.4 is 15.4 Å². The molecule has 0 aromatic heterocycles. The number of aromatic hydroxyl groups is 1. The van der Waals surface area contributed by atoms with Crippen molar-refractivity contribution >= 4 is 17.2 Å². The minimum atomic E-state index is -4.34. The summed E-state index contributed by atoms with van der Waals surface area (Å²) in [6, 6.07) is 6.92. The molecule has 1 aliphatic rings. The highest BCUT2D eigenvalue weighted by atomic mass is 19.4. The lowest BCUT2D eigenvalue weighted by Crippen LogP contribution is -2.14.